The number of hydrogen-bond donors (Lipinski definition) is 0. The third-order valence-electron chi connectivity index (χ3n) is 11.4. The van der Waals surface area contributed by atoms with Gasteiger partial charge >= 0.3 is 0 Å². The van der Waals surface area contributed by atoms with Gasteiger partial charge in [-0.3, -0.25) is 0 Å². The van der Waals surface area contributed by atoms with Gasteiger partial charge < -0.3 is 9.80 Å². The minimum Gasteiger partial charge on any atom is -0.310 e. The highest BCUT2D eigenvalue weighted by molar-refractivity contribution is 6.29. The molecule has 8 rings (SSSR count). The smallest absolute Gasteiger partial charge is 0.0546 e. The summed E-state index contributed by atoms with van der Waals surface area (Å²) in [6, 6.07) is 55.1. The zero-order valence-electron chi connectivity index (χ0n) is 33.1. The Balaban J connectivity index is 1.37. The average molecular weight is 705 g/mol. The van der Waals surface area contributed by atoms with Gasteiger partial charge in [-0.15, -0.1) is 0 Å². The monoisotopic (exact) mass is 704 g/mol. The van der Waals surface area contributed by atoms with Crippen LogP contribution in [-0.2, 0) is 0 Å². The number of rotatable bonds is 10. The molecule has 0 bridgehead atoms. The topological polar surface area (TPSA) is 6.48 Å². The first kappa shape index (κ1) is 35.4. The molecule has 0 heterocycles. The molecule has 8 aromatic carbocycles. The summed E-state index contributed by atoms with van der Waals surface area (Å²) in [5, 5.41) is 7.59. The number of hydrogen-bond acceptors (Lipinski definition) is 2. The van der Waals surface area contributed by atoms with Gasteiger partial charge in [0.15, 0.2) is 0 Å². The molecule has 8 aromatic rings. The number of nitrogens with zero attached hydrogens (tertiary/aromatic N) is 2. The Labute approximate surface area is 322 Å². The predicted molar refractivity (Wildman–Crippen MR) is 236 cm³/mol. The van der Waals surface area contributed by atoms with E-state index in [-0.39, 0.29) is 0 Å². The van der Waals surface area contributed by atoms with E-state index in [1.807, 2.05) is 0 Å². The van der Waals surface area contributed by atoms with Gasteiger partial charge in [-0.25, -0.2) is 0 Å². The lowest BCUT2D eigenvalue weighted by atomic mass is 9.91. The van der Waals surface area contributed by atoms with Crippen LogP contribution in [0.4, 0.5) is 34.1 Å². The van der Waals surface area contributed by atoms with Gasteiger partial charge in [0.2, 0.25) is 0 Å². The summed E-state index contributed by atoms with van der Waals surface area (Å²) in [5.74, 6) is 1.89. The van der Waals surface area contributed by atoms with E-state index < -0.39 is 0 Å². The molecule has 0 amide bonds. The first-order valence-corrected chi connectivity index (χ1v) is 19.8. The lowest BCUT2D eigenvalue weighted by molar-refractivity contribution is 0.866. The normalized spacial score (nSPS) is 12.0. The van der Waals surface area contributed by atoms with Gasteiger partial charge in [-0.2, -0.15) is 0 Å². The molecule has 0 aliphatic carbocycles. The van der Waals surface area contributed by atoms with Crippen LogP contribution in [0.3, 0.4) is 0 Å². The van der Waals surface area contributed by atoms with Crippen LogP contribution in [0.2, 0.25) is 0 Å². The van der Waals surface area contributed by atoms with Crippen molar-refractivity contribution in [3.8, 4) is 0 Å². The molecule has 0 saturated heterocycles. The van der Waals surface area contributed by atoms with Crippen molar-refractivity contribution in [2.75, 3.05) is 9.80 Å². The predicted octanol–water partition coefficient (Wildman–Crippen LogP) is 16.0. The van der Waals surface area contributed by atoms with Crippen molar-refractivity contribution in [1.82, 2.24) is 0 Å². The highest BCUT2D eigenvalue weighted by Gasteiger charge is 2.23. The molecule has 2 nitrogen and oxygen atoms in total. The summed E-state index contributed by atoms with van der Waals surface area (Å²) in [4.78, 5) is 4.90. The van der Waals surface area contributed by atoms with E-state index in [1.54, 1.807) is 0 Å². The molecule has 0 saturated carbocycles. The van der Waals surface area contributed by atoms with Crippen molar-refractivity contribution in [2.45, 2.75) is 79.1 Å². The third-order valence-corrected chi connectivity index (χ3v) is 11.4. The van der Waals surface area contributed by atoms with Crippen LogP contribution in [0.15, 0.2) is 146 Å². The molecule has 0 fully saturated rings. The number of benzene rings is 8. The highest BCUT2D eigenvalue weighted by atomic mass is 15.1. The largest absolute Gasteiger partial charge is 0.310 e. The van der Waals surface area contributed by atoms with Crippen molar-refractivity contribution < 1.29 is 0 Å². The molecular formula is C52H52N2. The fourth-order valence-electron chi connectivity index (χ4n) is 8.06. The maximum atomic E-state index is 2.46. The molecule has 0 aromatic heterocycles. The zero-order chi connectivity index (χ0) is 37.7. The van der Waals surface area contributed by atoms with Crippen LogP contribution in [0, 0.1) is 0 Å². The van der Waals surface area contributed by atoms with Crippen LogP contribution in [0.1, 0.15) is 101 Å². The van der Waals surface area contributed by atoms with E-state index in [4.69, 9.17) is 0 Å². The summed E-state index contributed by atoms with van der Waals surface area (Å²) in [6.07, 6.45) is 0. The maximum Gasteiger partial charge on any atom is 0.0546 e. The van der Waals surface area contributed by atoms with Gasteiger partial charge in [0, 0.05) is 33.5 Å². The summed E-state index contributed by atoms with van der Waals surface area (Å²) >= 11 is 0. The molecule has 270 valence electrons. The third kappa shape index (κ3) is 6.38. The Morgan fingerprint density at radius 2 is 0.667 bits per heavy atom. The molecular weight excluding hydrogens is 653 g/mol. The van der Waals surface area contributed by atoms with Gasteiger partial charge in [0.1, 0.15) is 0 Å². The van der Waals surface area contributed by atoms with E-state index in [9.17, 15) is 0 Å². The van der Waals surface area contributed by atoms with Gasteiger partial charge in [0.25, 0.3) is 0 Å². The van der Waals surface area contributed by atoms with E-state index >= 15 is 0 Å². The van der Waals surface area contributed by atoms with E-state index in [0.717, 1.165) is 22.7 Å². The Hall–Kier alpha value is -5.60. The summed E-state index contributed by atoms with van der Waals surface area (Å²) < 4.78 is 0. The van der Waals surface area contributed by atoms with E-state index in [0.29, 0.717) is 23.7 Å². The first-order valence-electron chi connectivity index (χ1n) is 19.8. The zero-order valence-corrected chi connectivity index (χ0v) is 33.1. The summed E-state index contributed by atoms with van der Waals surface area (Å²) in [5.41, 5.74) is 12.4. The van der Waals surface area contributed by atoms with Crippen molar-refractivity contribution in [2.24, 2.45) is 0 Å². The van der Waals surface area contributed by atoms with Crippen molar-refractivity contribution in [3.63, 3.8) is 0 Å². The Morgan fingerprint density at radius 3 is 1.07 bits per heavy atom. The molecule has 54 heavy (non-hydrogen) atoms. The van der Waals surface area contributed by atoms with Crippen LogP contribution >= 0.6 is 0 Å². The minimum atomic E-state index is 0.472. The van der Waals surface area contributed by atoms with Gasteiger partial charge in [0.05, 0.1) is 11.4 Å². The van der Waals surface area contributed by atoms with Gasteiger partial charge in [-0.05, 0) is 128 Å². The van der Waals surface area contributed by atoms with Crippen molar-refractivity contribution in [3.05, 3.63) is 168 Å². The fourth-order valence-corrected chi connectivity index (χ4v) is 8.06. The van der Waals surface area contributed by atoms with E-state index in [1.165, 1.54) is 65.9 Å². The van der Waals surface area contributed by atoms with Gasteiger partial charge in [-0.1, -0.05) is 140 Å². The van der Waals surface area contributed by atoms with E-state index in [2.05, 4.69) is 211 Å². The highest BCUT2D eigenvalue weighted by Crippen LogP contribution is 2.48. The number of anilines is 6. The Morgan fingerprint density at radius 1 is 0.315 bits per heavy atom. The lowest BCUT2D eigenvalue weighted by Crippen LogP contribution is -2.12. The standard InChI is InChI=1S/C52H52N2/c1-33(2)37-12-22-43(23-13-37)53(44-24-14-38(15-25-44)34(3)4)49-31-21-42-32-50(47-11-9-10-41-20-30-48(49)52(42)51(41)47)54(45-26-16-39(17-27-45)35(5)6)46-28-18-40(19-29-46)36(7)8/h9-36H,1-8H3. The molecule has 0 radical (unpaired) electrons. The van der Waals surface area contributed by atoms with Crippen LogP contribution < -0.4 is 9.80 Å². The summed E-state index contributed by atoms with van der Waals surface area (Å²) in [7, 11) is 0. The molecule has 0 aliphatic rings. The molecule has 0 aliphatic heterocycles. The Kier molecular flexibility index (Phi) is 9.40. The van der Waals surface area contributed by atoms with Crippen molar-refractivity contribution in [1.29, 1.82) is 0 Å². The fraction of sp³-hybridized carbons (Fsp3) is 0.231. The average Bonchev–Trinajstić information content (AvgIpc) is 3.18. The summed E-state index contributed by atoms with van der Waals surface area (Å²) in [6.45, 7) is 18.1. The molecule has 0 unspecified atom stereocenters. The Bertz CT molecular complexity index is 2410. The quantitative estimate of drug-likeness (QED) is 0.131. The molecule has 0 spiro atoms. The van der Waals surface area contributed by atoms with Crippen LogP contribution in [0.25, 0.3) is 32.3 Å². The SMILES string of the molecule is CC(C)c1ccc(N(c2ccc(C(C)C)cc2)c2cc3ccc(N(c4ccc(C(C)C)cc4)c4ccc(C(C)C)cc4)c4ccc5cccc2c5c34)cc1. The second-order valence-electron chi connectivity index (χ2n) is 16.3. The lowest BCUT2D eigenvalue weighted by Gasteiger charge is -2.30. The first-order chi connectivity index (χ1) is 26.1. The molecule has 0 atom stereocenters. The van der Waals surface area contributed by atoms with Crippen molar-refractivity contribution >= 4 is 66.4 Å². The second kappa shape index (κ2) is 14.3. The van der Waals surface area contributed by atoms with Crippen LogP contribution in [0.5, 0.6) is 0 Å². The van der Waals surface area contributed by atoms with Crippen LogP contribution in [-0.4, -0.2) is 0 Å². The molecule has 2 heteroatoms. The maximum absolute atomic E-state index is 2.46. The second-order valence-corrected chi connectivity index (χ2v) is 16.3. The molecule has 0 N–H and O–H groups in total. The minimum absolute atomic E-state index is 0.472.